The zero-order valence-electron chi connectivity index (χ0n) is 33.6. The van der Waals surface area contributed by atoms with E-state index >= 15 is 0 Å². The second-order valence-electron chi connectivity index (χ2n) is 13.7. The van der Waals surface area contributed by atoms with Crippen molar-refractivity contribution < 1.29 is 47.5 Å². The fourth-order valence-electron chi connectivity index (χ4n) is 5.31. The van der Waals surface area contributed by atoms with Gasteiger partial charge in [0.2, 0.25) is 0 Å². The number of rotatable bonds is 38. The molecule has 3 atom stereocenters. The molecule has 3 unspecified atom stereocenters. The van der Waals surface area contributed by atoms with E-state index in [1.165, 1.54) is 38.5 Å². The Kier molecular flexibility index (Phi) is 35.6. The van der Waals surface area contributed by atoms with E-state index in [0.717, 1.165) is 89.9 Å². The van der Waals surface area contributed by atoms with Gasteiger partial charge in [-0.15, -0.1) is 0 Å². The number of carboxylic acid groups (broad SMARTS) is 1. The molecule has 0 bridgehead atoms. The summed E-state index contributed by atoms with van der Waals surface area (Å²) in [6.07, 6.45) is 40.3. The van der Waals surface area contributed by atoms with Crippen molar-refractivity contribution >= 4 is 25.7 Å². The molecule has 0 aliphatic heterocycles. The number of esters is 2. The molecule has 0 amide bonds. The van der Waals surface area contributed by atoms with Crippen LogP contribution in [0.5, 0.6) is 0 Å². The zero-order valence-corrected chi connectivity index (χ0v) is 34.4. The average Bonchev–Trinajstić information content (AvgIpc) is 3.14. The number of phosphoric acid groups is 1. The van der Waals surface area contributed by atoms with E-state index in [4.69, 9.17) is 24.8 Å². The van der Waals surface area contributed by atoms with Gasteiger partial charge >= 0.3 is 25.7 Å². The number of nitrogens with two attached hydrogens (primary N) is 1. The van der Waals surface area contributed by atoms with Gasteiger partial charge in [0, 0.05) is 12.8 Å². The van der Waals surface area contributed by atoms with E-state index < -0.39 is 51.1 Å². The molecule has 11 nitrogen and oxygen atoms in total. The summed E-state index contributed by atoms with van der Waals surface area (Å²) in [5.41, 5.74) is 5.32. The summed E-state index contributed by atoms with van der Waals surface area (Å²) < 4.78 is 32.6. The third kappa shape index (κ3) is 36.4. The SMILES string of the molecule is CCC=CCC=CCC=CCCCCCCCC(=O)OCC(COP(=O)(O)OCC(N)C(=O)O)OC(=O)CCCCCCCC=CCCCCCCCC. The number of allylic oxidation sites excluding steroid dienone is 8. The number of ether oxygens (including phenoxy) is 2. The van der Waals surface area contributed by atoms with Crippen molar-refractivity contribution in [3.63, 3.8) is 0 Å². The standard InChI is InChI=1S/C42H74NO10P/c1-3-5-7-9-11-13-15-17-19-21-23-25-27-29-31-33-40(44)50-35-38(36-51-54(48,49)52-37-39(43)42(46)47)53-41(45)34-32-30-28-26-24-22-20-18-16-14-12-10-8-6-4-2/h5,7,11,13,17-20,38-39H,3-4,6,8-10,12,14-16,21-37,43H2,1-2H3,(H,46,47)(H,48,49). The summed E-state index contributed by atoms with van der Waals surface area (Å²) >= 11 is 0. The van der Waals surface area contributed by atoms with Crippen molar-refractivity contribution in [2.75, 3.05) is 19.8 Å². The van der Waals surface area contributed by atoms with E-state index in [1.54, 1.807) is 0 Å². The minimum absolute atomic E-state index is 0.146. The summed E-state index contributed by atoms with van der Waals surface area (Å²) in [6.45, 7) is 2.65. The van der Waals surface area contributed by atoms with Gasteiger partial charge in [0.05, 0.1) is 13.2 Å². The Balaban J connectivity index is 4.44. The highest BCUT2D eigenvalue weighted by Crippen LogP contribution is 2.43. The van der Waals surface area contributed by atoms with Crippen molar-refractivity contribution in [3.8, 4) is 0 Å². The Morgan fingerprint density at radius 3 is 1.57 bits per heavy atom. The third-order valence-electron chi connectivity index (χ3n) is 8.56. The number of carboxylic acids is 1. The van der Waals surface area contributed by atoms with Crippen molar-refractivity contribution in [1.29, 1.82) is 0 Å². The molecule has 0 aliphatic rings. The predicted octanol–water partition coefficient (Wildman–Crippen LogP) is 10.6. The minimum atomic E-state index is -4.72. The number of hydrogen-bond acceptors (Lipinski definition) is 9. The molecule has 54 heavy (non-hydrogen) atoms. The third-order valence-corrected chi connectivity index (χ3v) is 9.51. The van der Waals surface area contributed by atoms with Gasteiger partial charge in [-0.3, -0.25) is 23.4 Å². The van der Waals surface area contributed by atoms with Crippen LogP contribution in [0.3, 0.4) is 0 Å². The average molecular weight is 784 g/mol. The summed E-state index contributed by atoms with van der Waals surface area (Å²) in [6, 6.07) is -1.53. The second-order valence-corrected chi connectivity index (χ2v) is 15.2. The lowest BCUT2D eigenvalue weighted by Gasteiger charge is -2.20. The highest BCUT2D eigenvalue weighted by atomic mass is 31.2. The first-order valence-corrected chi connectivity index (χ1v) is 22.2. The van der Waals surface area contributed by atoms with Crippen LogP contribution in [-0.2, 0) is 37.5 Å². The van der Waals surface area contributed by atoms with Crippen LogP contribution in [0.25, 0.3) is 0 Å². The summed E-state index contributed by atoms with van der Waals surface area (Å²) in [5, 5.41) is 8.87. The molecule has 312 valence electrons. The lowest BCUT2D eigenvalue weighted by molar-refractivity contribution is -0.161. The Labute approximate surface area is 326 Å². The maximum Gasteiger partial charge on any atom is 0.472 e. The number of hydrogen-bond donors (Lipinski definition) is 3. The van der Waals surface area contributed by atoms with Gasteiger partial charge in [0.1, 0.15) is 12.6 Å². The van der Waals surface area contributed by atoms with Gasteiger partial charge in [0.15, 0.2) is 6.10 Å². The van der Waals surface area contributed by atoms with Gasteiger partial charge in [-0.25, -0.2) is 4.57 Å². The Bertz CT molecular complexity index is 1110. The van der Waals surface area contributed by atoms with E-state index in [1.807, 2.05) is 0 Å². The van der Waals surface area contributed by atoms with Gasteiger partial charge in [0.25, 0.3) is 0 Å². The minimum Gasteiger partial charge on any atom is -0.480 e. The lowest BCUT2D eigenvalue weighted by Crippen LogP contribution is -2.34. The molecule has 0 saturated carbocycles. The van der Waals surface area contributed by atoms with Crippen LogP contribution in [0.2, 0.25) is 0 Å². The van der Waals surface area contributed by atoms with E-state index in [-0.39, 0.29) is 19.4 Å². The first-order chi connectivity index (χ1) is 26.1. The van der Waals surface area contributed by atoms with Crippen LogP contribution in [0.15, 0.2) is 48.6 Å². The maximum atomic E-state index is 12.6. The zero-order chi connectivity index (χ0) is 40.0. The molecule has 0 aromatic heterocycles. The Morgan fingerprint density at radius 2 is 1.04 bits per heavy atom. The molecule has 0 radical (unpaired) electrons. The number of carbonyl (C=O) groups excluding carboxylic acids is 2. The Morgan fingerprint density at radius 1 is 0.593 bits per heavy atom. The van der Waals surface area contributed by atoms with Crippen LogP contribution < -0.4 is 5.73 Å². The molecule has 0 heterocycles. The maximum absolute atomic E-state index is 12.6. The molecule has 0 saturated heterocycles. The van der Waals surface area contributed by atoms with E-state index in [9.17, 15) is 23.8 Å². The van der Waals surface area contributed by atoms with Gasteiger partial charge in [-0.1, -0.05) is 133 Å². The van der Waals surface area contributed by atoms with Crippen LogP contribution >= 0.6 is 7.82 Å². The quantitative estimate of drug-likeness (QED) is 0.0235. The van der Waals surface area contributed by atoms with Crippen LogP contribution in [0, 0.1) is 0 Å². The molecule has 0 fully saturated rings. The van der Waals surface area contributed by atoms with E-state index in [2.05, 4.69) is 67.0 Å². The number of carbonyl (C=O) groups is 3. The number of phosphoric ester groups is 1. The molecular weight excluding hydrogens is 709 g/mol. The molecular formula is C42H74NO10P. The normalized spacial score (nSPS) is 14.3. The van der Waals surface area contributed by atoms with Crippen LogP contribution in [0.1, 0.15) is 168 Å². The molecule has 0 spiro atoms. The van der Waals surface area contributed by atoms with Crippen LogP contribution in [0.4, 0.5) is 0 Å². The summed E-state index contributed by atoms with van der Waals surface area (Å²) in [4.78, 5) is 45.9. The first kappa shape index (κ1) is 51.4. The van der Waals surface area contributed by atoms with Crippen molar-refractivity contribution in [3.05, 3.63) is 48.6 Å². The summed E-state index contributed by atoms with van der Waals surface area (Å²) in [7, 11) is -4.72. The smallest absolute Gasteiger partial charge is 0.472 e. The van der Waals surface area contributed by atoms with Crippen molar-refractivity contribution in [2.45, 2.75) is 180 Å². The first-order valence-electron chi connectivity index (χ1n) is 20.7. The molecule has 0 aliphatic carbocycles. The predicted molar refractivity (Wildman–Crippen MR) is 217 cm³/mol. The van der Waals surface area contributed by atoms with Gasteiger partial charge in [-0.05, 0) is 70.6 Å². The fourth-order valence-corrected chi connectivity index (χ4v) is 6.09. The lowest BCUT2D eigenvalue weighted by atomic mass is 10.1. The fraction of sp³-hybridized carbons (Fsp3) is 0.738. The number of aliphatic carboxylic acids is 1. The topological polar surface area (TPSA) is 172 Å². The van der Waals surface area contributed by atoms with Crippen LogP contribution in [-0.4, -0.2) is 59.9 Å². The summed E-state index contributed by atoms with van der Waals surface area (Å²) in [5.74, 6) is -2.41. The monoisotopic (exact) mass is 784 g/mol. The van der Waals surface area contributed by atoms with Gasteiger partial charge < -0.3 is 25.2 Å². The highest BCUT2D eigenvalue weighted by molar-refractivity contribution is 7.47. The largest absolute Gasteiger partial charge is 0.480 e. The molecule has 4 N–H and O–H groups in total. The van der Waals surface area contributed by atoms with Gasteiger partial charge in [-0.2, -0.15) is 0 Å². The molecule has 12 heteroatoms. The second kappa shape index (κ2) is 37.4. The molecule has 0 aromatic rings. The molecule has 0 rings (SSSR count). The number of unbranched alkanes of at least 4 members (excludes halogenated alkanes) is 16. The Hall–Kier alpha value is -2.56. The van der Waals surface area contributed by atoms with Crippen molar-refractivity contribution in [2.24, 2.45) is 5.73 Å². The van der Waals surface area contributed by atoms with E-state index in [0.29, 0.717) is 12.8 Å². The van der Waals surface area contributed by atoms with Crippen molar-refractivity contribution in [1.82, 2.24) is 0 Å². The molecule has 0 aromatic carbocycles. The highest BCUT2D eigenvalue weighted by Gasteiger charge is 2.28.